The zero-order chi connectivity index (χ0) is 21.9. The summed E-state index contributed by atoms with van der Waals surface area (Å²) in [6, 6.07) is 12.4. The van der Waals surface area contributed by atoms with Crippen molar-refractivity contribution in [2.24, 2.45) is 0 Å². The second-order valence-corrected chi connectivity index (χ2v) is 9.91. The highest BCUT2D eigenvalue weighted by Crippen LogP contribution is 2.23. The summed E-state index contributed by atoms with van der Waals surface area (Å²) >= 11 is 1.19. The van der Waals surface area contributed by atoms with E-state index in [1.165, 1.54) is 38.0 Å². The summed E-state index contributed by atoms with van der Waals surface area (Å²) in [6.45, 7) is 3.77. The van der Waals surface area contributed by atoms with Crippen molar-refractivity contribution in [2.45, 2.75) is 23.9 Å². The summed E-state index contributed by atoms with van der Waals surface area (Å²) < 4.78 is 27.4. The lowest BCUT2D eigenvalue weighted by molar-refractivity contribution is -0.113. The molecule has 0 aliphatic carbocycles. The van der Waals surface area contributed by atoms with E-state index in [2.05, 4.69) is 20.8 Å². The number of carbonyl (C=O) groups is 1. The topological polar surface area (TPSA) is 110 Å². The lowest BCUT2D eigenvalue weighted by Gasteiger charge is -2.14. The first kappa shape index (κ1) is 21.9. The highest BCUT2D eigenvalue weighted by molar-refractivity contribution is 7.99. The van der Waals surface area contributed by atoms with E-state index in [-0.39, 0.29) is 16.6 Å². The van der Waals surface area contributed by atoms with Crippen LogP contribution in [0.3, 0.4) is 0 Å². The van der Waals surface area contributed by atoms with Crippen LogP contribution in [0.4, 0.5) is 5.69 Å². The molecule has 0 saturated heterocycles. The average Bonchev–Trinajstić information content (AvgIpc) is 3.16. The van der Waals surface area contributed by atoms with Gasteiger partial charge in [-0.25, -0.2) is 12.7 Å². The van der Waals surface area contributed by atoms with Crippen molar-refractivity contribution in [3.8, 4) is 5.69 Å². The minimum Gasteiger partial charge on any atom is -0.325 e. The van der Waals surface area contributed by atoms with E-state index in [4.69, 9.17) is 0 Å². The van der Waals surface area contributed by atoms with Gasteiger partial charge < -0.3 is 5.32 Å². The number of nitrogens with one attached hydrogen (secondary N) is 1. The Labute approximate surface area is 179 Å². The van der Waals surface area contributed by atoms with Crippen LogP contribution in [0.5, 0.6) is 0 Å². The number of carbonyl (C=O) groups excluding carboxylic acids is 1. The largest absolute Gasteiger partial charge is 0.325 e. The summed E-state index contributed by atoms with van der Waals surface area (Å²) in [5.74, 6) is -0.225. The van der Waals surface area contributed by atoms with E-state index in [1.807, 2.05) is 31.2 Å². The van der Waals surface area contributed by atoms with Crippen molar-refractivity contribution in [2.75, 3.05) is 25.2 Å². The fraction of sp³-hybridized carbons (Fsp3) is 0.263. The van der Waals surface area contributed by atoms with Crippen molar-refractivity contribution >= 4 is 33.4 Å². The molecule has 1 N–H and O–H groups in total. The number of hydrogen-bond acceptors (Lipinski definition) is 7. The summed E-state index contributed by atoms with van der Waals surface area (Å²) in [6.07, 6.45) is 0. The van der Waals surface area contributed by atoms with Crippen molar-refractivity contribution < 1.29 is 13.2 Å². The summed E-state index contributed by atoms with van der Waals surface area (Å²) in [7, 11) is -0.671. The molecule has 158 valence electrons. The molecule has 3 aromatic rings. The minimum absolute atomic E-state index is 0.0658. The first-order chi connectivity index (χ1) is 14.2. The lowest BCUT2D eigenvalue weighted by atomic mass is 10.2. The first-order valence-electron chi connectivity index (χ1n) is 9.00. The van der Waals surface area contributed by atoms with E-state index >= 15 is 0 Å². The van der Waals surface area contributed by atoms with Gasteiger partial charge in [-0.1, -0.05) is 30.0 Å². The molecular weight excluding hydrogens is 424 g/mol. The number of amides is 1. The summed E-state index contributed by atoms with van der Waals surface area (Å²) in [5, 5.41) is 14.9. The smallest absolute Gasteiger partial charge is 0.242 e. The molecule has 30 heavy (non-hydrogen) atoms. The molecule has 2 aromatic carbocycles. The Morgan fingerprint density at radius 3 is 2.63 bits per heavy atom. The predicted molar refractivity (Wildman–Crippen MR) is 115 cm³/mol. The monoisotopic (exact) mass is 446 g/mol. The molecule has 0 unspecified atom stereocenters. The van der Waals surface area contributed by atoms with Crippen molar-refractivity contribution in [1.82, 2.24) is 24.5 Å². The van der Waals surface area contributed by atoms with E-state index in [0.29, 0.717) is 10.8 Å². The number of thioether (sulfide) groups is 1. The van der Waals surface area contributed by atoms with Gasteiger partial charge in [0.2, 0.25) is 21.1 Å². The standard InChI is InChI=1S/C19H22N6O3S2/c1-13-6-5-7-15(10-13)25-19(21-22-23-25)29-12-18(26)20-17-11-16(9-8-14(17)2)30(27,28)24(3)4/h5-11H,12H2,1-4H3,(H,20,26). The van der Waals surface area contributed by atoms with Gasteiger partial charge in [-0.05, 0) is 59.7 Å². The number of sulfonamides is 1. The van der Waals surface area contributed by atoms with Crippen LogP contribution in [0.1, 0.15) is 11.1 Å². The molecule has 3 rings (SSSR count). The Morgan fingerprint density at radius 2 is 1.93 bits per heavy atom. The van der Waals surface area contributed by atoms with E-state index in [1.54, 1.807) is 17.7 Å². The fourth-order valence-electron chi connectivity index (χ4n) is 2.61. The Bertz CT molecular complexity index is 1170. The Hall–Kier alpha value is -2.76. The Kier molecular flexibility index (Phi) is 6.54. The third kappa shape index (κ3) is 4.86. The number of nitrogens with zero attached hydrogens (tertiary/aromatic N) is 5. The number of tetrazole rings is 1. The van der Waals surface area contributed by atoms with Gasteiger partial charge in [-0.2, -0.15) is 4.68 Å². The number of aryl methyl sites for hydroxylation is 2. The molecule has 0 atom stereocenters. The van der Waals surface area contributed by atoms with Crippen LogP contribution in [0.15, 0.2) is 52.5 Å². The second kappa shape index (κ2) is 8.94. The highest BCUT2D eigenvalue weighted by Gasteiger charge is 2.19. The van der Waals surface area contributed by atoms with Crippen molar-refractivity contribution in [1.29, 1.82) is 0 Å². The van der Waals surface area contributed by atoms with Crippen LogP contribution < -0.4 is 5.32 Å². The lowest BCUT2D eigenvalue weighted by Crippen LogP contribution is -2.22. The molecule has 9 nitrogen and oxygen atoms in total. The van der Waals surface area contributed by atoms with Crippen LogP contribution in [0, 0.1) is 13.8 Å². The zero-order valence-electron chi connectivity index (χ0n) is 17.0. The van der Waals surface area contributed by atoms with Crippen LogP contribution in [0.25, 0.3) is 5.69 Å². The van der Waals surface area contributed by atoms with E-state index in [9.17, 15) is 13.2 Å². The van der Waals surface area contributed by atoms with Crippen LogP contribution in [-0.2, 0) is 14.8 Å². The number of hydrogen-bond donors (Lipinski definition) is 1. The second-order valence-electron chi connectivity index (χ2n) is 6.81. The number of benzene rings is 2. The number of rotatable bonds is 7. The Balaban J connectivity index is 1.72. The minimum atomic E-state index is -3.59. The van der Waals surface area contributed by atoms with Crippen LogP contribution in [0.2, 0.25) is 0 Å². The first-order valence-corrected chi connectivity index (χ1v) is 11.4. The molecular formula is C19H22N6O3S2. The third-order valence-electron chi connectivity index (χ3n) is 4.28. The van der Waals surface area contributed by atoms with Crippen molar-refractivity contribution in [3.63, 3.8) is 0 Å². The normalized spacial score (nSPS) is 11.6. The molecule has 11 heteroatoms. The van der Waals surface area contributed by atoms with Crippen LogP contribution >= 0.6 is 11.8 Å². The quantitative estimate of drug-likeness (QED) is 0.554. The maximum atomic E-state index is 12.5. The SMILES string of the molecule is Cc1cccc(-n2nnnc2SCC(=O)Nc2cc(S(=O)(=O)N(C)C)ccc2C)c1. The van der Waals surface area contributed by atoms with Gasteiger partial charge >= 0.3 is 0 Å². The molecule has 0 radical (unpaired) electrons. The van der Waals surface area contributed by atoms with E-state index < -0.39 is 10.0 Å². The molecule has 0 saturated carbocycles. The maximum absolute atomic E-state index is 12.5. The summed E-state index contributed by atoms with van der Waals surface area (Å²) in [4.78, 5) is 12.6. The average molecular weight is 447 g/mol. The van der Waals surface area contributed by atoms with Gasteiger partial charge in [0, 0.05) is 19.8 Å². The molecule has 1 amide bonds. The van der Waals surface area contributed by atoms with Crippen LogP contribution in [-0.4, -0.2) is 58.7 Å². The maximum Gasteiger partial charge on any atom is 0.242 e. The van der Waals surface area contributed by atoms with Gasteiger partial charge in [-0.15, -0.1) is 5.10 Å². The molecule has 0 spiro atoms. The van der Waals surface area contributed by atoms with Gasteiger partial charge in [0.15, 0.2) is 0 Å². The third-order valence-corrected chi connectivity index (χ3v) is 7.01. The zero-order valence-corrected chi connectivity index (χ0v) is 18.7. The molecule has 0 aliphatic rings. The fourth-order valence-corrected chi connectivity index (χ4v) is 4.23. The van der Waals surface area contributed by atoms with Crippen molar-refractivity contribution in [3.05, 3.63) is 53.6 Å². The molecule has 0 bridgehead atoms. The number of aromatic nitrogens is 4. The molecule has 0 aliphatic heterocycles. The Morgan fingerprint density at radius 1 is 1.17 bits per heavy atom. The van der Waals surface area contributed by atoms with Gasteiger partial charge in [0.1, 0.15) is 0 Å². The van der Waals surface area contributed by atoms with Gasteiger partial charge in [-0.3, -0.25) is 4.79 Å². The summed E-state index contributed by atoms with van der Waals surface area (Å²) in [5.41, 5.74) is 3.08. The predicted octanol–water partition coefficient (Wildman–Crippen LogP) is 2.26. The number of anilines is 1. The molecule has 1 aromatic heterocycles. The van der Waals surface area contributed by atoms with E-state index in [0.717, 1.165) is 21.1 Å². The van der Waals surface area contributed by atoms with Gasteiger partial charge in [0.05, 0.1) is 16.3 Å². The highest BCUT2D eigenvalue weighted by atomic mass is 32.2. The molecule has 1 heterocycles. The molecule has 0 fully saturated rings. The van der Waals surface area contributed by atoms with Gasteiger partial charge in [0.25, 0.3) is 0 Å².